The number of aliphatic hydroxyl groups excluding tert-OH is 1. The van der Waals surface area contributed by atoms with E-state index in [2.05, 4.69) is 60.7 Å². The van der Waals surface area contributed by atoms with Crippen molar-refractivity contribution in [1.29, 1.82) is 0 Å². The molecule has 0 fully saturated rings. The van der Waals surface area contributed by atoms with Crippen molar-refractivity contribution in [3.63, 3.8) is 0 Å². The Kier molecular flexibility index (Phi) is 14.3. The van der Waals surface area contributed by atoms with E-state index >= 15 is 0 Å². The lowest BCUT2D eigenvalue weighted by Crippen LogP contribution is -2.47. The molecule has 46 heavy (non-hydrogen) atoms. The predicted molar refractivity (Wildman–Crippen MR) is 191 cm³/mol. The van der Waals surface area contributed by atoms with Crippen LogP contribution in [0.5, 0.6) is 0 Å². The Labute approximate surface area is 282 Å². The van der Waals surface area contributed by atoms with Crippen molar-refractivity contribution < 1.29 is 19.3 Å². The minimum atomic E-state index is -0.912. The molecule has 0 aromatic heterocycles. The number of benzene rings is 5. The third-order valence-electron chi connectivity index (χ3n) is 7.46. The molecule has 4 nitrogen and oxygen atoms in total. The second-order valence-electron chi connectivity index (χ2n) is 11.1. The molecule has 0 amide bonds. The standard InChI is InChI=1S/C40H42O4S2/c41-37(29-42-26-32-16-6-1-7-17-32)38(43-27-33-18-8-2-9-19-33)39(44-28-34-20-10-3-11-21-34)40(45-30-35-22-12-4-13-23-35)46-31-36-24-14-5-15-25-36/h1-25,37-41H,26-31H2/t37-,38+,39-/m0/s1. The minimum Gasteiger partial charge on any atom is -0.388 e. The zero-order valence-corrected chi connectivity index (χ0v) is 27.6. The average molecular weight is 651 g/mol. The molecule has 0 aliphatic carbocycles. The lowest BCUT2D eigenvalue weighted by atomic mass is 10.1. The maximum Gasteiger partial charge on any atom is 0.114 e. The molecule has 1 N–H and O–H groups in total. The fraction of sp³-hybridized carbons (Fsp3) is 0.250. The molecule has 0 radical (unpaired) electrons. The lowest BCUT2D eigenvalue weighted by Gasteiger charge is -2.36. The number of ether oxygens (including phenoxy) is 3. The van der Waals surface area contributed by atoms with E-state index in [1.54, 1.807) is 0 Å². The third-order valence-corrected chi connectivity index (χ3v) is 10.5. The van der Waals surface area contributed by atoms with Crippen LogP contribution in [0.15, 0.2) is 152 Å². The fourth-order valence-corrected chi connectivity index (χ4v) is 7.73. The zero-order chi connectivity index (χ0) is 31.7. The molecular weight excluding hydrogens is 609 g/mol. The van der Waals surface area contributed by atoms with Gasteiger partial charge in [-0.1, -0.05) is 152 Å². The van der Waals surface area contributed by atoms with Crippen LogP contribution in [-0.2, 0) is 45.5 Å². The molecule has 5 rings (SSSR count). The topological polar surface area (TPSA) is 47.9 Å². The quantitative estimate of drug-likeness (QED) is 0.0901. The summed E-state index contributed by atoms with van der Waals surface area (Å²) in [4.78, 5) is 0. The molecular formula is C40H42O4S2. The van der Waals surface area contributed by atoms with E-state index in [9.17, 15) is 5.11 Å². The van der Waals surface area contributed by atoms with Gasteiger partial charge in [-0.15, -0.1) is 23.5 Å². The summed E-state index contributed by atoms with van der Waals surface area (Å²) in [6.45, 7) is 1.29. The first-order valence-corrected chi connectivity index (χ1v) is 17.8. The molecule has 0 spiro atoms. The van der Waals surface area contributed by atoms with Gasteiger partial charge in [0.25, 0.3) is 0 Å². The lowest BCUT2D eigenvalue weighted by molar-refractivity contribution is -0.142. The Morgan fingerprint density at radius 3 is 1.20 bits per heavy atom. The summed E-state index contributed by atoms with van der Waals surface area (Å²) in [5.41, 5.74) is 5.66. The van der Waals surface area contributed by atoms with Gasteiger partial charge in [0.1, 0.15) is 18.3 Å². The van der Waals surface area contributed by atoms with Crippen LogP contribution in [-0.4, -0.2) is 34.6 Å². The van der Waals surface area contributed by atoms with Gasteiger partial charge in [-0.25, -0.2) is 0 Å². The third kappa shape index (κ3) is 11.5. The normalized spacial score (nSPS) is 13.3. The van der Waals surface area contributed by atoms with E-state index in [1.807, 2.05) is 115 Å². The molecule has 0 unspecified atom stereocenters. The summed E-state index contributed by atoms with van der Waals surface area (Å²) < 4.78 is 19.5. The zero-order valence-electron chi connectivity index (χ0n) is 26.0. The van der Waals surface area contributed by atoms with Crippen molar-refractivity contribution in [1.82, 2.24) is 0 Å². The highest BCUT2D eigenvalue weighted by atomic mass is 32.2. The highest BCUT2D eigenvalue weighted by molar-refractivity contribution is 8.16. The molecule has 5 aromatic rings. The Bertz CT molecular complexity index is 1450. The van der Waals surface area contributed by atoms with E-state index in [4.69, 9.17) is 14.2 Å². The predicted octanol–water partition coefficient (Wildman–Crippen LogP) is 8.93. The Morgan fingerprint density at radius 1 is 0.435 bits per heavy atom. The van der Waals surface area contributed by atoms with Crippen molar-refractivity contribution in [3.8, 4) is 0 Å². The summed E-state index contributed by atoms with van der Waals surface area (Å²) in [6, 6.07) is 51.3. The van der Waals surface area contributed by atoms with E-state index in [0.717, 1.165) is 28.2 Å². The summed E-state index contributed by atoms with van der Waals surface area (Å²) in [5.74, 6) is 1.62. The highest BCUT2D eigenvalue weighted by Crippen LogP contribution is 2.37. The van der Waals surface area contributed by atoms with Crippen molar-refractivity contribution in [2.45, 2.75) is 54.2 Å². The van der Waals surface area contributed by atoms with Crippen LogP contribution in [0.3, 0.4) is 0 Å². The maximum atomic E-state index is 11.8. The van der Waals surface area contributed by atoms with Crippen molar-refractivity contribution in [3.05, 3.63) is 179 Å². The average Bonchev–Trinajstić information content (AvgIpc) is 3.12. The summed E-state index contributed by atoms with van der Waals surface area (Å²) in [5, 5.41) is 11.8. The number of hydrogen-bond acceptors (Lipinski definition) is 6. The van der Waals surface area contributed by atoms with Gasteiger partial charge in [0.05, 0.1) is 31.0 Å². The first-order chi connectivity index (χ1) is 22.7. The van der Waals surface area contributed by atoms with Crippen LogP contribution in [0.2, 0.25) is 0 Å². The number of aliphatic hydroxyl groups is 1. The monoisotopic (exact) mass is 650 g/mol. The maximum absolute atomic E-state index is 11.8. The Balaban J connectivity index is 1.42. The first kappa shape index (κ1) is 34.0. The smallest absolute Gasteiger partial charge is 0.114 e. The van der Waals surface area contributed by atoms with Crippen LogP contribution in [0.4, 0.5) is 0 Å². The summed E-state index contributed by atoms with van der Waals surface area (Å²) in [6.07, 6.45) is -2.00. The Morgan fingerprint density at radius 2 is 0.783 bits per heavy atom. The van der Waals surface area contributed by atoms with Gasteiger partial charge in [-0.05, 0) is 27.8 Å². The van der Waals surface area contributed by atoms with Crippen LogP contribution in [0.1, 0.15) is 27.8 Å². The van der Waals surface area contributed by atoms with Gasteiger partial charge in [0.2, 0.25) is 0 Å². The number of rotatable bonds is 19. The second-order valence-corrected chi connectivity index (χ2v) is 13.6. The summed E-state index contributed by atoms with van der Waals surface area (Å²) >= 11 is 3.66. The molecule has 0 aliphatic heterocycles. The molecule has 0 saturated heterocycles. The molecule has 3 atom stereocenters. The SMILES string of the molecule is O[C@@H](COCc1ccccc1)[C@@H](OCc1ccccc1)[C@H](OCc1ccccc1)C(SCc1ccccc1)SCc1ccccc1. The van der Waals surface area contributed by atoms with Gasteiger partial charge in [-0.2, -0.15) is 0 Å². The molecule has 6 heteroatoms. The van der Waals surface area contributed by atoms with Crippen LogP contribution >= 0.6 is 23.5 Å². The van der Waals surface area contributed by atoms with Crippen LogP contribution < -0.4 is 0 Å². The van der Waals surface area contributed by atoms with Crippen LogP contribution in [0, 0.1) is 0 Å². The minimum absolute atomic E-state index is 0.0475. The van der Waals surface area contributed by atoms with Gasteiger partial charge in [-0.3, -0.25) is 0 Å². The van der Waals surface area contributed by atoms with E-state index in [-0.39, 0.29) is 11.2 Å². The molecule has 0 saturated carbocycles. The van der Waals surface area contributed by atoms with Gasteiger partial charge in [0, 0.05) is 11.5 Å². The van der Waals surface area contributed by atoms with E-state index < -0.39 is 18.3 Å². The molecule has 238 valence electrons. The highest BCUT2D eigenvalue weighted by Gasteiger charge is 2.37. The fourth-order valence-electron chi connectivity index (χ4n) is 5.00. The molecule has 0 bridgehead atoms. The van der Waals surface area contributed by atoms with Crippen molar-refractivity contribution in [2.24, 2.45) is 0 Å². The van der Waals surface area contributed by atoms with Crippen molar-refractivity contribution in [2.75, 3.05) is 6.61 Å². The number of thioether (sulfide) groups is 2. The number of hydrogen-bond donors (Lipinski definition) is 1. The van der Waals surface area contributed by atoms with Gasteiger partial charge >= 0.3 is 0 Å². The van der Waals surface area contributed by atoms with E-state index in [1.165, 1.54) is 11.1 Å². The Hall–Kier alpha value is -3.36. The molecule has 5 aromatic carbocycles. The van der Waals surface area contributed by atoms with Crippen molar-refractivity contribution >= 4 is 23.5 Å². The van der Waals surface area contributed by atoms with Gasteiger partial charge in [0.15, 0.2) is 0 Å². The summed E-state index contributed by atoms with van der Waals surface area (Å²) in [7, 11) is 0. The van der Waals surface area contributed by atoms with E-state index in [0.29, 0.717) is 19.8 Å². The largest absolute Gasteiger partial charge is 0.388 e. The van der Waals surface area contributed by atoms with Gasteiger partial charge < -0.3 is 19.3 Å². The molecule has 0 heterocycles. The molecule has 0 aliphatic rings. The first-order valence-electron chi connectivity index (χ1n) is 15.7. The second kappa shape index (κ2) is 19.3. The van der Waals surface area contributed by atoms with Crippen LogP contribution in [0.25, 0.3) is 0 Å².